The van der Waals surface area contributed by atoms with Crippen LogP contribution in [0.5, 0.6) is 11.5 Å². The van der Waals surface area contributed by atoms with E-state index in [2.05, 4.69) is 26.9 Å². The van der Waals surface area contributed by atoms with Crippen LogP contribution in [0.25, 0.3) is 0 Å². The van der Waals surface area contributed by atoms with Crippen LogP contribution in [0.4, 0.5) is 10.2 Å². The Hall–Kier alpha value is -1.95. The first kappa shape index (κ1) is 22.7. The molecule has 1 saturated heterocycles. The molecule has 1 aliphatic rings. The van der Waals surface area contributed by atoms with Crippen LogP contribution < -0.4 is 9.64 Å². The zero-order chi connectivity index (χ0) is 20.1. The first-order valence-corrected chi connectivity index (χ1v) is 9.48. The first-order chi connectivity index (χ1) is 14.2. The van der Waals surface area contributed by atoms with Gasteiger partial charge in [-0.2, -0.15) is 0 Å². The third-order valence-corrected chi connectivity index (χ3v) is 4.73. The second-order valence-electron chi connectivity index (χ2n) is 6.81. The van der Waals surface area contributed by atoms with Crippen LogP contribution in [0, 0.1) is 17.7 Å². The fraction of sp³-hybridized carbons (Fsp3) is 0.217. The molecule has 148 valence electrons. The minimum atomic E-state index is -0.330. The Morgan fingerprint density at radius 1 is 0.967 bits per heavy atom. The number of hydrogen-bond donors (Lipinski definition) is 1. The summed E-state index contributed by atoms with van der Waals surface area (Å²) in [6.45, 7) is 1.53. The van der Waals surface area contributed by atoms with Gasteiger partial charge in [0.05, 0.1) is 0 Å². The normalized spacial score (nSPS) is 13.7. The zero-order valence-corrected chi connectivity index (χ0v) is 15.8. The van der Waals surface area contributed by atoms with E-state index in [-0.39, 0.29) is 69.1 Å². The average molecular weight is 430 g/mol. The molecule has 7 heteroatoms. The molecule has 0 spiro atoms. The number of anilines is 1. The maximum atomic E-state index is 13.7. The number of para-hydroxylation sites is 1. The molecule has 0 aliphatic carbocycles. The van der Waals surface area contributed by atoms with E-state index in [0.717, 1.165) is 31.7 Å². The third kappa shape index (κ3) is 6.03. The van der Waals surface area contributed by atoms with Gasteiger partial charge in [-0.15, -0.1) is 10.2 Å². The molecule has 30 heavy (non-hydrogen) atoms. The van der Waals surface area contributed by atoms with Crippen molar-refractivity contribution in [3.8, 4) is 23.3 Å². The Balaban J connectivity index is 0.00000256. The molecule has 4 rings (SSSR count). The fourth-order valence-corrected chi connectivity index (χ4v) is 3.20. The topological polar surface area (TPSA) is 58.5 Å². The van der Waals surface area contributed by atoms with Gasteiger partial charge < -0.3 is 14.7 Å². The summed E-state index contributed by atoms with van der Waals surface area (Å²) in [4.78, 5) is 2.14. The average Bonchev–Trinajstić information content (AvgIpc) is 2.75. The molecule has 1 fully saturated rings. The molecule has 0 unspecified atom stereocenters. The van der Waals surface area contributed by atoms with Gasteiger partial charge >= 0.3 is 51.4 Å². The summed E-state index contributed by atoms with van der Waals surface area (Å²) in [6, 6.07) is 17.0. The van der Waals surface area contributed by atoms with Gasteiger partial charge in [0, 0.05) is 31.5 Å². The van der Waals surface area contributed by atoms with Crippen LogP contribution in [0.3, 0.4) is 0 Å². The predicted molar refractivity (Wildman–Crippen MR) is 116 cm³/mol. The van der Waals surface area contributed by atoms with E-state index < -0.39 is 0 Å². The maximum absolute atomic E-state index is 13.7. The number of hydrogen-bond acceptors (Lipinski definition) is 5. The monoisotopic (exact) mass is 429 g/mol. The third-order valence-electron chi connectivity index (χ3n) is 4.73. The number of ether oxygens (including phenoxy) is 1. The van der Waals surface area contributed by atoms with Crippen LogP contribution in [0.2, 0.25) is 0 Å². The van der Waals surface area contributed by atoms with Crippen molar-refractivity contribution in [2.75, 3.05) is 18.0 Å². The Morgan fingerprint density at radius 2 is 1.77 bits per heavy atom. The standard InChI is InChI=1S/C23H20FN3O2.K.H/c24-21-6-1-2-7-22(21)29-20-12-14-27(15-13-20)23-11-10-18(25-26-23)9-8-17-4-3-5-19(28)16-17;;/h1-7,10-11,16,20,28H,12-15H2;;. The second-order valence-corrected chi connectivity index (χ2v) is 6.81. The molecule has 1 N–H and O–H groups in total. The van der Waals surface area contributed by atoms with Crippen molar-refractivity contribution in [3.63, 3.8) is 0 Å². The number of phenols is 1. The number of halogens is 1. The molecule has 0 bridgehead atoms. The molecule has 5 nitrogen and oxygen atoms in total. The van der Waals surface area contributed by atoms with Gasteiger partial charge in [-0.05, 0) is 48.4 Å². The molecular weight excluding hydrogens is 408 g/mol. The molecular formula is C23H21FKN3O2. The number of piperidine rings is 1. The molecule has 2 aromatic carbocycles. The van der Waals surface area contributed by atoms with E-state index in [1.807, 2.05) is 18.2 Å². The van der Waals surface area contributed by atoms with Gasteiger partial charge in [-0.25, -0.2) is 4.39 Å². The molecule has 3 aromatic rings. The molecule has 1 aliphatic heterocycles. The van der Waals surface area contributed by atoms with Crippen LogP contribution in [-0.4, -0.2) is 85.9 Å². The molecule has 0 saturated carbocycles. The van der Waals surface area contributed by atoms with Crippen molar-refractivity contribution < 1.29 is 14.2 Å². The molecule has 1 aromatic heterocycles. The van der Waals surface area contributed by atoms with Crippen molar-refractivity contribution in [1.29, 1.82) is 0 Å². The Morgan fingerprint density at radius 3 is 2.47 bits per heavy atom. The van der Waals surface area contributed by atoms with Crippen LogP contribution in [0.15, 0.2) is 60.7 Å². The summed E-state index contributed by atoms with van der Waals surface area (Å²) in [7, 11) is 0. The number of phenolic OH excluding ortho intramolecular Hbond substituents is 1. The van der Waals surface area contributed by atoms with Crippen molar-refractivity contribution >= 4 is 57.2 Å². The van der Waals surface area contributed by atoms with E-state index in [1.54, 1.807) is 36.4 Å². The molecule has 0 amide bonds. The molecule has 0 atom stereocenters. The summed E-state index contributed by atoms with van der Waals surface area (Å²) in [6.07, 6.45) is 1.56. The minimum absolute atomic E-state index is 0. The fourth-order valence-electron chi connectivity index (χ4n) is 3.20. The Labute approximate surface area is 217 Å². The van der Waals surface area contributed by atoms with Crippen LogP contribution >= 0.6 is 0 Å². The van der Waals surface area contributed by atoms with E-state index in [0.29, 0.717) is 17.0 Å². The summed E-state index contributed by atoms with van der Waals surface area (Å²) in [5.41, 5.74) is 1.28. The SMILES string of the molecule is Oc1cccc(C#Cc2ccc(N3CCC(Oc4ccccc4F)CC3)nn2)c1.[KH]. The number of aromatic hydroxyl groups is 1. The summed E-state index contributed by atoms with van der Waals surface area (Å²) in [5.74, 6) is 6.86. The van der Waals surface area contributed by atoms with Gasteiger partial charge in [0.1, 0.15) is 17.5 Å². The number of aromatic nitrogens is 2. The van der Waals surface area contributed by atoms with Gasteiger partial charge in [0.2, 0.25) is 0 Å². The van der Waals surface area contributed by atoms with Gasteiger partial charge in [0.15, 0.2) is 17.4 Å². The number of benzene rings is 2. The van der Waals surface area contributed by atoms with Crippen LogP contribution in [0.1, 0.15) is 24.1 Å². The van der Waals surface area contributed by atoms with Crippen molar-refractivity contribution in [2.45, 2.75) is 18.9 Å². The molecule has 0 radical (unpaired) electrons. The summed E-state index contributed by atoms with van der Waals surface area (Å²) < 4.78 is 19.5. The second kappa shape index (κ2) is 10.9. The van der Waals surface area contributed by atoms with E-state index in [4.69, 9.17) is 4.74 Å². The number of nitrogens with zero attached hydrogens (tertiary/aromatic N) is 3. The Bertz CT molecular complexity index is 1040. The van der Waals surface area contributed by atoms with Gasteiger partial charge in [-0.1, -0.05) is 24.1 Å². The quantitative estimate of drug-likeness (QED) is 0.512. The van der Waals surface area contributed by atoms with Crippen molar-refractivity contribution in [3.05, 3.63) is 77.7 Å². The Kier molecular flexibility index (Phi) is 8.25. The van der Waals surface area contributed by atoms with E-state index in [1.165, 1.54) is 6.07 Å². The van der Waals surface area contributed by atoms with E-state index >= 15 is 0 Å². The summed E-state index contributed by atoms with van der Waals surface area (Å²) >= 11 is 0. The molecule has 2 heterocycles. The van der Waals surface area contributed by atoms with Gasteiger partial charge in [0.25, 0.3) is 0 Å². The van der Waals surface area contributed by atoms with Crippen molar-refractivity contribution in [1.82, 2.24) is 10.2 Å². The van der Waals surface area contributed by atoms with E-state index in [9.17, 15) is 9.50 Å². The first-order valence-electron chi connectivity index (χ1n) is 9.48. The zero-order valence-electron chi connectivity index (χ0n) is 15.8. The van der Waals surface area contributed by atoms with Crippen molar-refractivity contribution in [2.24, 2.45) is 0 Å². The van der Waals surface area contributed by atoms with Crippen LogP contribution in [-0.2, 0) is 0 Å². The van der Waals surface area contributed by atoms with Gasteiger partial charge in [-0.3, -0.25) is 0 Å². The number of rotatable bonds is 3. The predicted octanol–water partition coefficient (Wildman–Crippen LogP) is 3.12. The summed E-state index contributed by atoms with van der Waals surface area (Å²) in [5, 5.41) is 17.9.